The maximum atomic E-state index is 5.23. The quantitative estimate of drug-likeness (QED) is 0.340. The molecule has 0 atom stereocenters. The first-order valence-electron chi connectivity index (χ1n) is 9.60. The van der Waals surface area contributed by atoms with Crippen LogP contribution in [0.2, 0.25) is 0 Å². The lowest BCUT2D eigenvalue weighted by molar-refractivity contribution is 0.414. The van der Waals surface area contributed by atoms with Crippen LogP contribution in [0.15, 0.2) is 67.6 Å². The van der Waals surface area contributed by atoms with Crippen molar-refractivity contribution in [3.05, 3.63) is 73.2 Å². The van der Waals surface area contributed by atoms with E-state index >= 15 is 0 Å². The molecule has 2 N–H and O–H groups in total. The Morgan fingerprint density at radius 1 is 1.16 bits per heavy atom. The summed E-state index contributed by atoms with van der Waals surface area (Å²) in [6.07, 6.45) is 7.17. The molecule has 0 aliphatic carbocycles. The number of nitrogens with zero attached hydrogens (tertiary/aromatic N) is 5. The molecule has 4 rings (SSSR count). The van der Waals surface area contributed by atoms with Crippen molar-refractivity contribution in [3.63, 3.8) is 0 Å². The zero-order valence-corrected chi connectivity index (χ0v) is 17.8. The van der Waals surface area contributed by atoms with Gasteiger partial charge in [0.2, 0.25) is 0 Å². The van der Waals surface area contributed by atoms with E-state index in [-0.39, 0.29) is 0 Å². The number of hydrogen-bond donors (Lipinski definition) is 2. The summed E-state index contributed by atoms with van der Waals surface area (Å²) in [6.45, 7) is 4.87. The Balaban J connectivity index is 1.52. The average Bonchev–Trinajstić information content (AvgIpc) is 3.26. The fourth-order valence-electron chi connectivity index (χ4n) is 2.93. The van der Waals surface area contributed by atoms with Crippen molar-refractivity contribution in [3.8, 4) is 17.0 Å². The molecule has 0 fully saturated rings. The van der Waals surface area contributed by atoms with E-state index in [1.54, 1.807) is 25.6 Å². The fraction of sp³-hybridized carbons (Fsp3) is 0.136. The summed E-state index contributed by atoms with van der Waals surface area (Å²) >= 11 is 5.23. The highest BCUT2D eigenvalue weighted by atomic mass is 32.1. The van der Waals surface area contributed by atoms with Crippen molar-refractivity contribution in [2.24, 2.45) is 0 Å². The number of aromatic nitrogens is 5. The van der Waals surface area contributed by atoms with Gasteiger partial charge in [-0.2, -0.15) is 5.10 Å². The van der Waals surface area contributed by atoms with Crippen LogP contribution in [-0.4, -0.2) is 43.5 Å². The molecule has 3 heterocycles. The van der Waals surface area contributed by atoms with Gasteiger partial charge in [-0.3, -0.25) is 9.67 Å². The predicted octanol–water partition coefficient (Wildman–Crippen LogP) is 3.42. The van der Waals surface area contributed by atoms with Crippen molar-refractivity contribution < 1.29 is 4.74 Å². The summed E-state index contributed by atoms with van der Waals surface area (Å²) < 4.78 is 7.06. The summed E-state index contributed by atoms with van der Waals surface area (Å²) in [5, 5.41) is 11.0. The van der Waals surface area contributed by atoms with E-state index in [9.17, 15) is 0 Å². The Labute approximate surface area is 185 Å². The molecule has 3 aromatic heterocycles. The van der Waals surface area contributed by atoms with Gasteiger partial charge in [0.15, 0.2) is 10.8 Å². The van der Waals surface area contributed by atoms with Crippen LogP contribution < -0.4 is 15.4 Å². The number of hydrogen-bond acceptors (Lipinski definition) is 6. The lowest BCUT2D eigenvalue weighted by atomic mass is 10.2. The van der Waals surface area contributed by atoms with Gasteiger partial charge >= 0.3 is 0 Å². The van der Waals surface area contributed by atoms with Crippen LogP contribution >= 0.6 is 12.2 Å². The second kappa shape index (κ2) is 9.31. The van der Waals surface area contributed by atoms with Crippen LogP contribution in [0.25, 0.3) is 22.4 Å². The largest absolute Gasteiger partial charge is 0.497 e. The molecule has 1 aromatic carbocycles. The van der Waals surface area contributed by atoms with Crippen molar-refractivity contribution >= 4 is 34.3 Å². The number of benzene rings is 1. The van der Waals surface area contributed by atoms with Crippen LogP contribution in [-0.2, 0) is 6.54 Å². The van der Waals surface area contributed by atoms with Gasteiger partial charge in [-0.15, -0.1) is 6.58 Å². The average molecular weight is 432 g/mol. The number of fused-ring (bicyclic) bond motifs is 1. The van der Waals surface area contributed by atoms with Crippen molar-refractivity contribution in [2.75, 3.05) is 19.0 Å². The minimum atomic E-state index is 0.468. The third kappa shape index (κ3) is 5.01. The number of nitrogens with one attached hydrogen (secondary N) is 2. The molecular weight excluding hydrogens is 410 g/mol. The van der Waals surface area contributed by atoms with Gasteiger partial charge in [-0.25, -0.2) is 9.97 Å². The van der Waals surface area contributed by atoms with Gasteiger partial charge in [-0.1, -0.05) is 18.2 Å². The molecule has 0 amide bonds. The van der Waals surface area contributed by atoms with E-state index in [0.29, 0.717) is 40.9 Å². The molecule has 8 nitrogen and oxygen atoms in total. The van der Waals surface area contributed by atoms with Crippen molar-refractivity contribution in [1.29, 1.82) is 0 Å². The van der Waals surface area contributed by atoms with E-state index in [1.165, 1.54) is 0 Å². The normalized spacial score (nSPS) is 10.6. The first kappa shape index (κ1) is 20.4. The van der Waals surface area contributed by atoms with Gasteiger partial charge < -0.3 is 15.4 Å². The zero-order chi connectivity index (χ0) is 21.6. The zero-order valence-electron chi connectivity index (χ0n) is 16.9. The minimum Gasteiger partial charge on any atom is -0.497 e. The van der Waals surface area contributed by atoms with E-state index in [4.69, 9.17) is 17.0 Å². The summed E-state index contributed by atoms with van der Waals surface area (Å²) in [5.74, 6) is 1.42. The van der Waals surface area contributed by atoms with Gasteiger partial charge in [0.25, 0.3) is 0 Å². The SMILES string of the molecule is C=CCNC(=S)Nc1ccc2ncc(-c3cnn(Cc4ccc(OC)cc4)c3)nc2n1. The Hall–Kier alpha value is -3.85. The minimum absolute atomic E-state index is 0.468. The van der Waals surface area contributed by atoms with Crippen LogP contribution in [0.1, 0.15) is 5.56 Å². The van der Waals surface area contributed by atoms with Crippen molar-refractivity contribution in [1.82, 2.24) is 30.0 Å². The summed E-state index contributed by atoms with van der Waals surface area (Å²) in [4.78, 5) is 13.7. The highest BCUT2D eigenvalue weighted by molar-refractivity contribution is 7.80. The molecule has 0 saturated heterocycles. The topological polar surface area (TPSA) is 89.8 Å². The maximum absolute atomic E-state index is 5.23. The summed E-state index contributed by atoms with van der Waals surface area (Å²) in [5.41, 5.74) is 3.91. The molecule has 0 saturated carbocycles. The smallest absolute Gasteiger partial charge is 0.180 e. The number of ether oxygens (including phenoxy) is 1. The molecular formula is C22H21N7OS. The number of rotatable bonds is 7. The first-order chi connectivity index (χ1) is 15.1. The summed E-state index contributed by atoms with van der Waals surface area (Å²) in [7, 11) is 1.65. The van der Waals surface area contributed by atoms with Crippen LogP contribution in [0.4, 0.5) is 5.82 Å². The van der Waals surface area contributed by atoms with E-state index in [0.717, 1.165) is 16.9 Å². The van der Waals surface area contributed by atoms with Gasteiger partial charge in [-0.05, 0) is 42.0 Å². The van der Waals surface area contributed by atoms with Crippen molar-refractivity contribution in [2.45, 2.75) is 6.54 Å². The van der Waals surface area contributed by atoms with E-state index in [1.807, 2.05) is 47.3 Å². The standard InChI is InChI=1S/C22H21N7OS/c1-3-10-23-22(31)28-20-9-8-18-21(27-20)26-19(12-24-18)16-11-25-29(14-16)13-15-4-6-17(30-2)7-5-15/h3-9,11-12,14H,1,10,13H2,2H3,(H2,23,26,27,28,31). The molecule has 0 aliphatic heterocycles. The highest BCUT2D eigenvalue weighted by Crippen LogP contribution is 2.20. The number of anilines is 1. The first-order valence-corrected chi connectivity index (χ1v) is 10.0. The molecule has 0 unspecified atom stereocenters. The second-order valence-corrected chi connectivity index (χ2v) is 7.10. The van der Waals surface area contributed by atoms with Crippen LogP contribution in [0.3, 0.4) is 0 Å². The lowest BCUT2D eigenvalue weighted by Gasteiger charge is -2.08. The molecule has 0 spiro atoms. The molecule has 0 bridgehead atoms. The molecule has 9 heteroatoms. The van der Waals surface area contributed by atoms with Gasteiger partial charge in [0, 0.05) is 18.3 Å². The molecule has 0 aliphatic rings. The van der Waals surface area contributed by atoms with Gasteiger partial charge in [0.1, 0.15) is 17.1 Å². The number of methoxy groups -OCH3 is 1. The second-order valence-electron chi connectivity index (χ2n) is 6.69. The maximum Gasteiger partial charge on any atom is 0.180 e. The Morgan fingerprint density at radius 2 is 2.00 bits per heavy atom. The fourth-order valence-corrected chi connectivity index (χ4v) is 3.12. The van der Waals surface area contributed by atoms with E-state index < -0.39 is 0 Å². The van der Waals surface area contributed by atoms with Gasteiger partial charge in [0.05, 0.1) is 31.7 Å². The molecule has 0 radical (unpaired) electrons. The monoisotopic (exact) mass is 431 g/mol. The van der Waals surface area contributed by atoms with E-state index in [2.05, 4.69) is 37.3 Å². The Morgan fingerprint density at radius 3 is 2.77 bits per heavy atom. The number of pyridine rings is 1. The predicted molar refractivity (Wildman–Crippen MR) is 125 cm³/mol. The third-order valence-corrected chi connectivity index (χ3v) is 4.73. The Kier molecular flexibility index (Phi) is 6.13. The number of thiocarbonyl (C=S) groups is 1. The lowest BCUT2D eigenvalue weighted by Crippen LogP contribution is -2.28. The summed E-state index contributed by atoms with van der Waals surface area (Å²) in [6, 6.07) is 11.6. The Bertz CT molecular complexity index is 1220. The molecule has 31 heavy (non-hydrogen) atoms. The molecule has 156 valence electrons. The molecule has 4 aromatic rings. The van der Waals surface area contributed by atoms with Crippen LogP contribution in [0, 0.1) is 0 Å². The van der Waals surface area contributed by atoms with Crippen LogP contribution in [0.5, 0.6) is 5.75 Å². The third-order valence-electron chi connectivity index (χ3n) is 4.49. The highest BCUT2D eigenvalue weighted by Gasteiger charge is 2.08.